The first kappa shape index (κ1) is 15.7. The van der Waals surface area contributed by atoms with Crippen LogP contribution in [0.15, 0.2) is 0 Å². The Morgan fingerprint density at radius 3 is 2.12 bits per heavy atom. The summed E-state index contributed by atoms with van der Waals surface area (Å²) in [6, 6.07) is -1.05. The molecular weight excluding hydrogens is 220 g/mol. The smallest absolute Gasteiger partial charge is 0.326 e. The van der Waals surface area contributed by atoms with Gasteiger partial charge >= 0.3 is 12.0 Å². The minimum absolute atomic E-state index is 0.0817. The second-order valence-corrected chi connectivity index (χ2v) is 4.52. The normalized spacial score (nSPS) is 15.8. The molecule has 0 rings (SSSR count). The van der Waals surface area contributed by atoms with Crippen LogP contribution in [0.4, 0.5) is 4.79 Å². The molecule has 0 bridgehead atoms. The van der Waals surface area contributed by atoms with Gasteiger partial charge in [-0.1, -0.05) is 27.2 Å². The number of hydrogen-bond donors (Lipinski definition) is 2. The van der Waals surface area contributed by atoms with E-state index in [9.17, 15) is 9.59 Å². The summed E-state index contributed by atoms with van der Waals surface area (Å²) in [5, 5.41) is 11.6. The summed E-state index contributed by atoms with van der Waals surface area (Å²) >= 11 is 0. The number of amides is 2. The van der Waals surface area contributed by atoms with E-state index in [1.807, 2.05) is 27.7 Å². The lowest BCUT2D eigenvalue weighted by atomic mass is 9.99. The molecule has 0 radical (unpaired) electrons. The van der Waals surface area contributed by atoms with E-state index in [0.29, 0.717) is 6.42 Å². The number of carboxylic acid groups (broad SMARTS) is 1. The number of carboxylic acids is 1. The molecule has 2 amide bonds. The molecule has 0 aliphatic heterocycles. The average molecular weight is 244 g/mol. The van der Waals surface area contributed by atoms with Crippen LogP contribution in [0.25, 0.3) is 0 Å². The average Bonchev–Trinajstić information content (AvgIpc) is 2.32. The Bertz CT molecular complexity index is 268. The van der Waals surface area contributed by atoms with Crippen molar-refractivity contribution in [1.82, 2.24) is 10.2 Å². The number of carbonyl (C=O) groups excluding carboxylic acids is 1. The topological polar surface area (TPSA) is 69.6 Å². The standard InChI is InChI=1S/C12H24N2O3/c1-6-8(3)10(11(15)16)13-12(17)14(5)9(4)7-2/h8-10H,6-7H2,1-5H3,(H,13,17)(H,15,16)/t8?,9?,10-/m0/s1. The Balaban J connectivity index is 4.56. The largest absolute Gasteiger partial charge is 0.480 e. The second-order valence-electron chi connectivity index (χ2n) is 4.52. The predicted octanol–water partition coefficient (Wildman–Crippen LogP) is 1.93. The highest BCUT2D eigenvalue weighted by Crippen LogP contribution is 2.09. The van der Waals surface area contributed by atoms with Gasteiger partial charge in [-0.25, -0.2) is 9.59 Å². The third-order valence-corrected chi connectivity index (χ3v) is 3.33. The number of nitrogens with one attached hydrogen (secondary N) is 1. The van der Waals surface area contributed by atoms with Gasteiger partial charge in [-0.3, -0.25) is 0 Å². The Kier molecular flexibility index (Phi) is 6.61. The summed E-state index contributed by atoms with van der Waals surface area (Å²) < 4.78 is 0. The summed E-state index contributed by atoms with van der Waals surface area (Å²) in [6.45, 7) is 7.64. The van der Waals surface area contributed by atoms with Crippen LogP contribution in [-0.4, -0.2) is 41.1 Å². The zero-order valence-electron chi connectivity index (χ0n) is 11.4. The SMILES string of the molecule is CCC(C)[C@H](NC(=O)N(C)C(C)CC)C(=O)O. The van der Waals surface area contributed by atoms with Gasteiger partial charge < -0.3 is 15.3 Å². The molecule has 0 saturated carbocycles. The van der Waals surface area contributed by atoms with Crippen molar-refractivity contribution in [2.45, 2.75) is 52.6 Å². The van der Waals surface area contributed by atoms with Gasteiger partial charge in [0.05, 0.1) is 0 Å². The van der Waals surface area contributed by atoms with Crippen LogP contribution in [0.1, 0.15) is 40.5 Å². The maximum atomic E-state index is 11.8. The molecular formula is C12H24N2O3. The van der Waals surface area contributed by atoms with Crippen LogP contribution in [0.2, 0.25) is 0 Å². The van der Waals surface area contributed by atoms with E-state index in [1.165, 1.54) is 0 Å². The molecule has 17 heavy (non-hydrogen) atoms. The Morgan fingerprint density at radius 2 is 1.76 bits per heavy atom. The van der Waals surface area contributed by atoms with Crippen molar-refractivity contribution in [3.63, 3.8) is 0 Å². The summed E-state index contributed by atoms with van der Waals surface area (Å²) in [4.78, 5) is 24.4. The summed E-state index contributed by atoms with van der Waals surface area (Å²) in [7, 11) is 1.68. The van der Waals surface area contributed by atoms with E-state index in [1.54, 1.807) is 11.9 Å². The van der Waals surface area contributed by atoms with Crippen molar-refractivity contribution in [3.8, 4) is 0 Å². The minimum Gasteiger partial charge on any atom is -0.480 e. The van der Waals surface area contributed by atoms with Gasteiger partial charge in [0.15, 0.2) is 0 Å². The summed E-state index contributed by atoms with van der Waals surface area (Å²) in [5.74, 6) is -1.06. The first-order valence-corrected chi connectivity index (χ1v) is 6.11. The number of carbonyl (C=O) groups is 2. The van der Waals surface area contributed by atoms with E-state index >= 15 is 0 Å². The molecule has 0 aromatic carbocycles. The molecule has 0 fully saturated rings. The van der Waals surface area contributed by atoms with E-state index in [2.05, 4.69) is 5.32 Å². The van der Waals surface area contributed by atoms with Crippen molar-refractivity contribution in [3.05, 3.63) is 0 Å². The summed E-state index contributed by atoms with van der Waals surface area (Å²) in [6.07, 6.45) is 1.55. The minimum atomic E-state index is -0.981. The molecule has 0 aromatic rings. The van der Waals surface area contributed by atoms with Crippen molar-refractivity contribution in [2.75, 3.05) is 7.05 Å². The summed E-state index contributed by atoms with van der Waals surface area (Å²) in [5.41, 5.74) is 0. The lowest BCUT2D eigenvalue weighted by molar-refractivity contribution is -0.140. The zero-order chi connectivity index (χ0) is 13.6. The molecule has 0 aliphatic rings. The first-order valence-electron chi connectivity index (χ1n) is 6.11. The fourth-order valence-electron chi connectivity index (χ4n) is 1.39. The van der Waals surface area contributed by atoms with Crippen molar-refractivity contribution < 1.29 is 14.7 Å². The molecule has 0 saturated heterocycles. The predicted molar refractivity (Wildman–Crippen MR) is 66.9 cm³/mol. The van der Waals surface area contributed by atoms with Crippen molar-refractivity contribution in [1.29, 1.82) is 0 Å². The Labute approximate surface area is 103 Å². The van der Waals surface area contributed by atoms with Crippen molar-refractivity contribution in [2.24, 2.45) is 5.92 Å². The van der Waals surface area contributed by atoms with Gasteiger partial charge in [0, 0.05) is 13.1 Å². The second kappa shape index (κ2) is 7.14. The van der Waals surface area contributed by atoms with Gasteiger partial charge in [0.2, 0.25) is 0 Å². The molecule has 5 heteroatoms. The van der Waals surface area contributed by atoms with Crippen LogP contribution in [0.3, 0.4) is 0 Å². The number of rotatable bonds is 6. The first-order chi connectivity index (χ1) is 7.84. The quantitative estimate of drug-likeness (QED) is 0.750. The third-order valence-electron chi connectivity index (χ3n) is 3.33. The molecule has 5 nitrogen and oxygen atoms in total. The lowest BCUT2D eigenvalue weighted by Gasteiger charge is -2.27. The fraction of sp³-hybridized carbons (Fsp3) is 0.833. The van der Waals surface area contributed by atoms with Crippen molar-refractivity contribution >= 4 is 12.0 Å². The molecule has 0 aromatic heterocycles. The number of nitrogens with zero attached hydrogens (tertiary/aromatic N) is 1. The molecule has 0 spiro atoms. The van der Waals surface area contributed by atoms with Crippen LogP contribution in [0.5, 0.6) is 0 Å². The Hall–Kier alpha value is -1.26. The van der Waals surface area contributed by atoms with Gasteiger partial charge in [-0.05, 0) is 19.3 Å². The highest BCUT2D eigenvalue weighted by atomic mass is 16.4. The molecule has 3 atom stereocenters. The van der Waals surface area contributed by atoms with Crippen LogP contribution in [-0.2, 0) is 4.79 Å². The molecule has 0 heterocycles. The van der Waals surface area contributed by atoms with Crippen LogP contribution >= 0.6 is 0 Å². The van der Waals surface area contributed by atoms with E-state index in [4.69, 9.17) is 5.11 Å². The fourth-order valence-corrected chi connectivity index (χ4v) is 1.39. The van der Waals surface area contributed by atoms with E-state index < -0.39 is 12.0 Å². The van der Waals surface area contributed by atoms with E-state index in [-0.39, 0.29) is 18.0 Å². The van der Waals surface area contributed by atoms with Gasteiger partial charge in [0.25, 0.3) is 0 Å². The van der Waals surface area contributed by atoms with Gasteiger partial charge in [0.1, 0.15) is 6.04 Å². The van der Waals surface area contributed by atoms with Crippen LogP contribution in [0, 0.1) is 5.92 Å². The number of urea groups is 1. The number of aliphatic carboxylic acids is 1. The molecule has 0 aliphatic carbocycles. The molecule has 2 N–H and O–H groups in total. The van der Waals surface area contributed by atoms with Crippen LogP contribution < -0.4 is 5.32 Å². The highest BCUT2D eigenvalue weighted by Gasteiger charge is 2.27. The lowest BCUT2D eigenvalue weighted by Crippen LogP contribution is -2.51. The Morgan fingerprint density at radius 1 is 1.24 bits per heavy atom. The molecule has 100 valence electrons. The monoisotopic (exact) mass is 244 g/mol. The van der Waals surface area contributed by atoms with Gasteiger partial charge in [-0.2, -0.15) is 0 Å². The highest BCUT2D eigenvalue weighted by molar-refractivity contribution is 5.82. The van der Waals surface area contributed by atoms with E-state index in [0.717, 1.165) is 6.42 Å². The maximum absolute atomic E-state index is 11.8. The maximum Gasteiger partial charge on any atom is 0.326 e. The molecule has 2 unspecified atom stereocenters. The van der Waals surface area contributed by atoms with Gasteiger partial charge in [-0.15, -0.1) is 0 Å². The third kappa shape index (κ3) is 4.63. The number of hydrogen-bond acceptors (Lipinski definition) is 2. The zero-order valence-corrected chi connectivity index (χ0v) is 11.4.